The second-order valence-corrected chi connectivity index (χ2v) is 8.48. The zero-order valence-corrected chi connectivity index (χ0v) is 18.0. The standard InChI is InChI=1S/C20H27N3O5S/c1-22-9-11-23(12-10-22)17-13-15(5-7-18(17)26-2)21-29(24,25)16-6-8-19(27-3)20(14-16)28-4/h5-8,13-14,21H,9-12H2,1-4H3. The lowest BCUT2D eigenvalue weighted by Gasteiger charge is -2.35. The lowest BCUT2D eigenvalue weighted by molar-refractivity contribution is 0.311. The fourth-order valence-electron chi connectivity index (χ4n) is 3.25. The van der Waals surface area contributed by atoms with Crippen LogP contribution >= 0.6 is 0 Å². The van der Waals surface area contributed by atoms with Crippen molar-refractivity contribution in [3.8, 4) is 17.2 Å². The van der Waals surface area contributed by atoms with Crippen LogP contribution in [0.25, 0.3) is 0 Å². The van der Waals surface area contributed by atoms with Gasteiger partial charge in [0.05, 0.1) is 37.6 Å². The summed E-state index contributed by atoms with van der Waals surface area (Å²) in [5.74, 6) is 1.53. The van der Waals surface area contributed by atoms with E-state index in [9.17, 15) is 8.42 Å². The van der Waals surface area contributed by atoms with E-state index >= 15 is 0 Å². The summed E-state index contributed by atoms with van der Waals surface area (Å²) in [6.07, 6.45) is 0. The number of nitrogens with one attached hydrogen (secondary N) is 1. The summed E-state index contributed by atoms with van der Waals surface area (Å²) >= 11 is 0. The van der Waals surface area contributed by atoms with E-state index in [0.29, 0.717) is 22.9 Å². The normalized spacial score (nSPS) is 15.1. The van der Waals surface area contributed by atoms with Crippen molar-refractivity contribution >= 4 is 21.4 Å². The second kappa shape index (κ2) is 8.79. The van der Waals surface area contributed by atoms with E-state index in [1.807, 2.05) is 6.07 Å². The maximum Gasteiger partial charge on any atom is 0.262 e. The Bertz CT molecular complexity index is 957. The zero-order valence-electron chi connectivity index (χ0n) is 17.1. The van der Waals surface area contributed by atoms with Gasteiger partial charge in [-0.1, -0.05) is 0 Å². The van der Waals surface area contributed by atoms with Crippen molar-refractivity contribution in [1.82, 2.24) is 4.90 Å². The van der Waals surface area contributed by atoms with Crippen molar-refractivity contribution in [1.29, 1.82) is 0 Å². The molecule has 2 aromatic rings. The summed E-state index contributed by atoms with van der Waals surface area (Å²) < 4.78 is 44.3. The van der Waals surface area contributed by atoms with Gasteiger partial charge in [0.2, 0.25) is 0 Å². The van der Waals surface area contributed by atoms with Gasteiger partial charge in [-0.15, -0.1) is 0 Å². The molecule has 0 amide bonds. The average molecular weight is 422 g/mol. The fourth-order valence-corrected chi connectivity index (χ4v) is 4.31. The Labute approximate surface area is 172 Å². The molecule has 29 heavy (non-hydrogen) atoms. The fraction of sp³-hybridized carbons (Fsp3) is 0.400. The van der Waals surface area contributed by atoms with Gasteiger partial charge in [0, 0.05) is 32.2 Å². The highest BCUT2D eigenvalue weighted by molar-refractivity contribution is 7.92. The average Bonchev–Trinajstić information content (AvgIpc) is 2.73. The predicted octanol–water partition coefficient (Wildman–Crippen LogP) is 2.26. The maximum atomic E-state index is 12.9. The number of likely N-dealkylation sites (N-methyl/N-ethyl adjacent to an activating group) is 1. The first-order valence-corrected chi connectivity index (χ1v) is 10.7. The highest BCUT2D eigenvalue weighted by atomic mass is 32.2. The molecule has 1 saturated heterocycles. The van der Waals surface area contributed by atoms with Crippen molar-refractivity contribution in [2.75, 3.05) is 64.2 Å². The molecule has 1 aliphatic heterocycles. The molecule has 1 aliphatic rings. The third-order valence-corrected chi connectivity index (χ3v) is 6.32. The third kappa shape index (κ3) is 4.68. The van der Waals surface area contributed by atoms with Gasteiger partial charge in [0.15, 0.2) is 11.5 Å². The van der Waals surface area contributed by atoms with E-state index in [4.69, 9.17) is 14.2 Å². The van der Waals surface area contributed by atoms with Crippen molar-refractivity contribution < 1.29 is 22.6 Å². The first-order chi connectivity index (χ1) is 13.9. The van der Waals surface area contributed by atoms with Crippen LogP contribution in [0.2, 0.25) is 0 Å². The predicted molar refractivity (Wildman–Crippen MR) is 113 cm³/mol. The molecule has 0 unspecified atom stereocenters. The molecule has 0 atom stereocenters. The number of ether oxygens (including phenoxy) is 3. The molecule has 0 aliphatic carbocycles. The van der Waals surface area contributed by atoms with Gasteiger partial charge in [0.1, 0.15) is 5.75 Å². The van der Waals surface area contributed by atoms with Gasteiger partial charge >= 0.3 is 0 Å². The van der Waals surface area contributed by atoms with E-state index in [1.165, 1.54) is 26.4 Å². The number of rotatable bonds is 7. The number of benzene rings is 2. The van der Waals surface area contributed by atoms with Crippen LogP contribution in [0.1, 0.15) is 0 Å². The Morgan fingerprint density at radius 3 is 2.07 bits per heavy atom. The molecule has 1 heterocycles. The topological polar surface area (TPSA) is 80.3 Å². The van der Waals surface area contributed by atoms with Gasteiger partial charge in [-0.3, -0.25) is 4.72 Å². The molecule has 8 nitrogen and oxygen atoms in total. The van der Waals surface area contributed by atoms with Gasteiger partial charge in [-0.25, -0.2) is 8.42 Å². The van der Waals surface area contributed by atoms with Gasteiger partial charge in [-0.05, 0) is 37.4 Å². The summed E-state index contributed by atoms with van der Waals surface area (Å²) in [5.41, 5.74) is 1.34. The van der Waals surface area contributed by atoms with Crippen molar-refractivity contribution in [2.45, 2.75) is 4.90 Å². The number of nitrogens with zero attached hydrogens (tertiary/aromatic N) is 2. The Kier molecular flexibility index (Phi) is 6.39. The molecule has 9 heteroatoms. The van der Waals surface area contributed by atoms with Crippen LogP contribution in [0.15, 0.2) is 41.3 Å². The molecular weight excluding hydrogens is 394 g/mol. The number of hydrogen-bond acceptors (Lipinski definition) is 7. The van der Waals surface area contributed by atoms with E-state index in [-0.39, 0.29) is 4.90 Å². The summed E-state index contributed by atoms with van der Waals surface area (Å²) in [6, 6.07) is 9.76. The van der Waals surface area contributed by atoms with Crippen LogP contribution in [0.5, 0.6) is 17.2 Å². The Morgan fingerprint density at radius 2 is 1.45 bits per heavy atom. The van der Waals surface area contributed by atoms with Crippen LogP contribution in [0, 0.1) is 0 Å². The van der Waals surface area contributed by atoms with Gasteiger partial charge < -0.3 is 24.0 Å². The first-order valence-electron chi connectivity index (χ1n) is 9.24. The molecule has 0 radical (unpaired) electrons. The molecular formula is C20H27N3O5S. The molecule has 0 aromatic heterocycles. The molecule has 158 valence electrons. The van der Waals surface area contributed by atoms with Crippen LogP contribution < -0.4 is 23.8 Å². The number of sulfonamides is 1. The number of methoxy groups -OCH3 is 3. The summed E-state index contributed by atoms with van der Waals surface area (Å²) in [7, 11) is 2.87. The molecule has 1 N–H and O–H groups in total. The molecule has 0 saturated carbocycles. The Hall–Kier alpha value is -2.65. The van der Waals surface area contributed by atoms with Crippen molar-refractivity contribution in [3.05, 3.63) is 36.4 Å². The molecule has 3 rings (SSSR count). The summed E-state index contributed by atoms with van der Waals surface area (Å²) in [4.78, 5) is 4.55. The first kappa shape index (κ1) is 21.1. The quantitative estimate of drug-likeness (QED) is 0.735. The van der Waals surface area contributed by atoms with Crippen molar-refractivity contribution in [2.24, 2.45) is 0 Å². The van der Waals surface area contributed by atoms with Crippen molar-refractivity contribution in [3.63, 3.8) is 0 Å². The van der Waals surface area contributed by atoms with Gasteiger partial charge in [0.25, 0.3) is 10.0 Å². The highest BCUT2D eigenvalue weighted by Crippen LogP contribution is 2.34. The largest absolute Gasteiger partial charge is 0.495 e. The van der Waals surface area contributed by atoms with Crippen LogP contribution in [0.4, 0.5) is 11.4 Å². The van der Waals surface area contributed by atoms with Crippen LogP contribution in [-0.4, -0.2) is 67.9 Å². The Balaban J connectivity index is 1.88. The van der Waals surface area contributed by atoms with Crippen LogP contribution in [0.3, 0.4) is 0 Å². The lowest BCUT2D eigenvalue weighted by atomic mass is 10.2. The molecule has 0 spiro atoms. The van der Waals surface area contributed by atoms with E-state index in [2.05, 4.69) is 21.6 Å². The van der Waals surface area contributed by atoms with E-state index in [0.717, 1.165) is 31.9 Å². The third-order valence-electron chi connectivity index (χ3n) is 4.94. The lowest BCUT2D eigenvalue weighted by Crippen LogP contribution is -2.44. The smallest absolute Gasteiger partial charge is 0.262 e. The SMILES string of the molecule is COc1ccc(S(=O)(=O)Nc2ccc(OC)c(N3CCN(C)CC3)c2)cc1OC. The van der Waals surface area contributed by atoms with E-state index in [1.54, 1.807) is 25.3 Å². The second-order valence-electron chi connectivity index (χ2n) is 6.80. The summed E-state index contributed by atoms with van der Waals surface area (Å²) in [5, 5.41) is 0. The zero-order chi connectivity index (χ0) is 21.0. The number of anilines is 2. The molecule has 1 fully saturated rings. The minimum absolute atomic E-state index is 0.0899. The van der Waals surface area contributed by atoms with Crippen LogP contribution in [-0.2, 0) is 10.0 Å². The highest BCUT2D eigenvalue weighted by Gasteiger charge is 2.21. The minimum Gasteiger partial charge on any atom is -0.495 e. The Morgan fingerprint density at radius 1 is 0.828 bits per heavy atom. The minimum atomic E-state index is -3.80. The summed E-state index contributed by atoms with van der Waals surface area (Å²) in [6.45, 7) is 3.56. The van der Waals surface area contributed by atoms with E-state index < -0.39 is 10.0 Å². The molecule has 2 aromatic carbocycles. The maximum absolute atomic E-state index is 12.9. The monoisotopic (exact) mass is 421 g/mol. The number of piperazine rings is 1. The van der Waals surface area contributed by atoms with Gasteiger partial charge in [-0.2, -0.15) is 0 Å². The molecule has 0 bridgehead atoms. The number of hydrogen-bond donors (Lipinski definition) is 1.